The van der Waals surface area contributed by atoms with Crippen LogP contribution in [0.25, 0.3) is 0 Å². The molecular formula is C9H16N2O5. The quantitative estimate of drug-likeness (QED) is 0.632. The van der Waals surface area contributed by atoms with E-state index in [-0.39, 0.29) is 0 Å². The average molecular weight is 232 g/mol. The van der Waals surface area contributed by atoms with Gasteiger partial charge in [0.05, 0.1) is 13.5 Å². The summed E-state index contributed by atoms with van der Waals surface area (Å²) in [4.78, 5) is 34.3. The number of carbonyl (C=O) groups is 3. The summed E-state index contributed by atoms with van der Waals surface area (Å²) in [7, 11) is 2.67. The SMILES string of the molecule is CCN(C)C(=O)N[C@@H](CC(=O)OC)C(=O)O. The number of carbonyl (C=O) groups excluding carboxylic acids is 2. The van der Waals surface area contributed by atoms with Crippen LogP contribution in [0.5, 0.6) is 0 Å². The van der Waals surface area contributed by atoms with Crippen LogP contribution >= 0.6 is 0 Å². The van der Waals surface area contributed by atoms with Crippen LogP contribution in [0, 0.1) is 0 Å². The third-order valence-electron chi connectivity index (χ3n) is 2.02. The van der Waals surface area contributed by atoms with Gasteiger partial charge in [0.2, 0.25) is 0 Å². The Morgan fingerprint density at radius 3 is 2.38 bits per heavy atom. The molecule has 0 aliphatic heterocycles. The fraction of sp³-hybridized carbons (Fsp3) is 0.667. The fourth-order valence-electron chi connectivity index (χ4n) is 0.853. The van der Waals surface area contributed by atoms with Crippen molar-refractivity contribution < 1.29 is 24.2 Å². The number of aliphatic carboxylic acids is 1. The molecule has 2 N–H and O–H groups in total. The van der Waals surface area contributed by atoms with E-state index in [1.165, 1.54) is 11.9 Å². The summed E-state index contributed by atoms with van der Waals surface area (Å²) in [6, 6.07) is -1.81. The van der Waals surface area contributed by atoms with Crippen LogP contribution in [0.1, 0.15) is 13.3 Å². The van der Waals surface area contributed by atoms with Crippen molar-refractivity contribution in [3.05, 3.63) is 0 Å². The summed E-state index contributed by atoms with van der Waals surface area (Å²) in [6.07, 6.45) is -0.394. The molecule has 0 spiro atoms. The number of hydrogen-bond donors (Lipinski definition) is 2. The minimum atomic E-state index is -1.27. The van der Waals surface area contributed by atoms with Crippen LogP contribution in [0.2, 0.25) is 0 Å². The Hall–Kier alpha value is -1.79. The number of esters is 1. The lowest BCUT2D eigenvalue weighted by atomic mass is 10.2. The van der Waals surface area contributed by atoms with Gasteiger partial charge in [-0.15, -0.1) is 0 Å². The number of rotatable bonds is 5. The molecule has 1 atom stereocenters. The van der Waals surface area contributed by atoms with E-state index in [1.807, 2.05) is 0 Å². The molecule has 16 heavy (non-hydrogen) atoms. The normalized spacial score (nSPS) is 11.4. The van der Waals surface area contributed by atoms with Crippen LogP contribution in [0.15, 0.2) is 0 Å². The fourth-order valence-corrected chi connectivity index (χ4v) is 0.853. The van der Waals surface area contributed by atoms with Crippen molar-refractivity contribution in [1.82, 2.24) is 10.2 Å². The summed E-state index contributed by atoms with van der Waals surface area (Å²) >= 11 is 0. The Balaban J connectivity index is 4.40. The molecule has 0 radical (unpaired) electrons. The molecule has 0 rings (SSSR count). The molecule has 92 valence electrons. The summed E-state index contributed by atoms with van der Waals surface area (Å²) in [5, 5.41) is 11.0. The maximum Gasteiger partial charge on any atom is 0.326 e. The number of carboxylic acids is 1. The molecule has 0 saturated heterocycles. The second kappa shape index (κ2) is 6.65. The summed E-state index contributed by atoms with van der Waals surface area (Å²) < 4.78 is 4.33. The zero-order valence-corrected chi connectivity index (χ0v) is 9.52. The first-order valence-electron chi connectivity index (χ1n) is 4.73. The van der Waals surface area contributed by atoms with Crippen molar-refractivity contribution in [3.63, 3.8) is 0 Å². The molecule has 0 aliphatic rings. The van der Waals surface area contributed by atoms with Crippen LogP contribution in [-0.2, 0) is 14.3 Å². The van der Waals surface area contributed by atoms with Gasteiger partial charge in [0.25, 0.3) is 0 Å². The van der Waals surface area contributed by atoms with E-state index >= 15 is 0 Å². The topological polar surface area (TPSA) is 95.9 Å². The Kier molecular flexibility index (Phi) is 5.91. The summed E-state index contributed by atoms with van der Waals surface area (Å²) in [6.45, 7) is 2.19. The highest BCUT2D eigenvalue weighted by Crippen LogP contribution is 1.96. The first kappa shape index (κ1) is 14.2. The van der Waals surface area contributed by atoms with Gasteiger partial charge in [0, 0.05) is 13.6 Å². The van der Waals surface area contributed by atoms with Gasteiger partial charge in [-0.3, -0.25) is 4.79 Å². The van der Waals surface area contributed by atoms with E-state index in [0.29, 0.717) is 6.54 Å². The number of nitrogens with one attached hydrogen (secondary N) is 1. The number of amides is 2. The number of nitrogens with zero attached hydrogens (tertiary/aromatic N) is 1. The highest BCUT2D eigenvalue weighted by molar-refractivity contribution is 5.86. The third kappa shape index (κ3) is 4.63. The van der Waals surface area contributed by atoms with Crippen LogP contribution in [0.4, 0.5) is 4.79 Å². The van der Waals surface area contributed by atoms with Crippen molar-refractivity contribution in [2.24, 2.45) is 0 Å². The first-order valence-corrected chi connectivity index (χ1v) is 4.73. The van der Waals surface area contributed by atoms with Crippen LogP contribution < -0.4 is 5.32 Å². The van der Waals surface area contributed by atoms with Gasteiger partial charge in [-0.05, 0) is 6.92 Å². The van der Waals surface area contributed by atoms with E-state index < -0.39 is 30.4 Å². The molecule has 0 heterocycles. The predicted octanol–water partition coefficient (Wildman–Crippen LogP) is -0.336. The molecule has 0 aromatic heterocycles. The Bertz CT molecular complexity index is 279. The highest BCUT2D eigenvalue weighted by Gasteiger charge is 2.24. The van der Waals surface area contributed by atoms with Crippen molar-refractivity contribution in [1.29, 1.82) is 0 Å². The maximum absolute atomic E-state index is 11.4. The van der Waals surface area contributed by atoms with E-state index in [2.05, 4.69) is 10.1 Å². The van der Waals surface area contributed by atoms with Crippen LogP contribution in [0.3, 0.4) is 0 Å². The largest absolute Gasteiger partial charge is 0.480 e. The van der Waals surface area contributed by atoms with Crippen molar-refractivity contribution in [3.8, 4) is 0 Å². The molecule has 0 fully saturated rings. The zero-order valence-electron chi connectivity index (χ0n) is 9.52. The van der Waals surface area contributed by atoms with E-state index in [0.717, 1.165) is 7.11 Å². The lowest BCUT2D eigenvalue weighted by molar-refractivity contribution is -0.147. The number of hydrogen-bond acceptors (Lipinski definition) is 4. The van der Waals surface area contributed by atoms with Crippen molar-refractivity contribution in [2.75, 3.05) is 20.7 Å². The van der Waals surface area contributed by atoms with E-state index in [1.54, 1.807) is 6.92 Å². The van der Waals surface area contributed by atoms with Gasteiger partial charge in [-0.2, -0.15) is 0 Å². The van der Waals surface area contributed by atoms with Gasteiger partial charge >= 0.3 is 18.0 Å². The van der Waals surface area contributed by atoms with E-state index in [4.69, 9.17) is 5.11 Å². The van der Waals surface area contributed by atoms with Crippen molar-refractivity contribution in [2.45, 2.75) is 19.4 Å². The first-order chi connectivity index (χ1) is 7.42. The van der Waals surface area contributed by atoms with Gasteiger partial charge < -0.3 is 20.1 Å². The summed E-state index contributed by atoms with van der Waals surface area (Å²) in [5.74, 6) is -1.96. The average Bonchev–Trinajstić information content (AvgIpc) is 2.26. The molecule has 0 bridgehead atoms. The minimum absolute atomic E-state index is 0.394. The maximum atomic E-state index is 11.4. The third-order valence-corrected chi connectivity index (χ3v) is 2.02. The smallest absolute Gasteiger partial charge is 0.326 e. The van der Waals surface area contributed by atoms with Gasteiger partial charge in [0.15, 0.2) is 0 Å². The van der Waals surface area contributed by atoms with Crippen LogP contribution in [-0.4, -0.2) is 54.7 Å². The molecule has 0 unspecified atom stereocenters. The lowest BCUT2D eigenvalue weighted by Gasteiger charge is -2.19. The Morgan fingerprint density at radius 1 is 1.44 bits per heavy atom. The van der Waals surface area contributed by atoms with Gasteiger partial charge in [0.1, 0.15) is 6.04 Å². The predicted molar refractivity (Wildman–Crippen MR) is 54.9 cm³/mol. The van der Waals surface area contributed by atoms with E-state index in [9.17, 15) is 14.4 Å². The number of urea groups is 1. The Labute approximate surface area is 93.4 Å². The molecular weight excluding hydrogens is 216 g/mol. The molecule has 0 aromatic carbocycles. The summed E-state index contributed by atoms with van der Waals surface area (Å²) in [5.41, 5.74) is 0. The minimum Gasteiger partial charge on any atom is -0.480 e. The lowest BCUT2D eigenvalue weighted by Crippen LogP contribution is -2.47. The molecule has 7 nitrogen and oxygen atoms in total. The number of methoxy groups -OCH3 is 1. The van der Waals surface area contributed by atoms with Gasteiger partial charge in [-0.25, -0.2) is 9.59 Å². The monoisotopic (exact) mass is 232 g/mol. The van der Waals surface area contributed by atoms with Gasteiger partial charge in [-0.1, -0.05) is 0 Å². The molecule has 2 amide bonds. The zero-order chi connectivity index (χ0) is 12.7. The molecule has 0 saturated carbocycles. The second-order valence-electron chi connectivity index (χ2n) is 3.13. The molecule has 0 aromatic rings. The standard InChI is InChI=1S/C9H16N2O5/c1-4-11(2)9(15)10-6(8(13)14)5-7(12)16-3/h6H,4-5H2,1-3H3,(H,10,15)(H,13,14)/t6-/m0/s1. The molecule has 0 aliphatic carbocycles. The number of ether oxygens (including phenoxy) is 1. The Morgan fingerprint density at radius 2 is 2.00 bits per heavy atom. The second-order valence-corrected chi connectivity index (χ2v) is 3.13. The van der Waals surface area contributed by atoms with Crippen molar-refractivity contribution >= 4 is 18.0 Å². The number of carboxylic acid groups (broad SMARTS) is 1. The molecule has 7 heteroatoms. The highest BCUT2D eigenvalue weighted by atomic mass is 16.5.